The number of rotatable bonds is 8. The van der Waals surface area contributed by atoms with Crippen LogP contribution >= 0.6 is 0 Å². The molecule has 4 nitrogen and oxygen atoms in total. The molecule has 4 heteroatoms. The topological polar surface area (TPSA) is 67.2 Å². The molecule has 0 heterocycles. The maximum Gasteiger partial charge on any atom is 0.251 e. The van der Waals surface area contributed by atoms with E-state index in [2.05, 4.69) is 24.5 Å². The van der Waals surface area contributed by atoms with E-state index in [1.807, 2.05) is 26.8 Å². The van der Waals surface area contributed by atoms with Crippen LogP contribution in [0.1, 0.15) is 60.2 Å². The fraction of sp³-hybridized carbons (Fsp3) is 0.611. The average Bonchev–Trinajstić information content (AvgIpc) is 2.45. The minimum absolute atomic E-state index is 0.00759. The summed E-state index contributed by atoms with van der Waals surface area (Å²) >= 11 is 0. The summed E-state index contributed by atoms with van der Waals surface area (Å²) in [6, 6.07) is 2.13. The summed E-state index contributed by atoms with van der Waals surface area (Å²) in [4.78, 5) is 12.3. The molecule has 1 aromatic carbocycles. The molecule has 124 valence electrons. The van der Waals surface area contributed by atoms with Crippen molar-refractivity contribution in [2.24, 2.45) is 5.73 Å². The Morgan fingerprint density at radius 2 is 1.82 bits per heavy atom. The predicted molar refractivity (Wildman–Crippen MR) is 94.7 cm³/mol. The Morgan fingerprint density at radius 1 is 1.14 bits per heavy atom. The van der Waals surface area contributed by atoms with Crippen molar-refractivity contribution in [1.82, 2.24) is 5.32 Å². The second-order valence-electron chi connectivity index (χ2n) is 6.27. The van der Waals surface area contributed by atoms with E-state index in [-0.39, 0.29) is 11.9 Å². The molecule has 4 N–H and O–H groups in total. The van der Waals surface area contributed by atoms with Gasteiger partial charge in [0.15, 0.2) is 0 Å². The predicted octanol–water partition coefficient (Wildman–Crippen LogP) is 3.29. The SMILES string of the molecule is Cc1cc(C(=O)NC(C)C)c(C)c(C)c1NCCCCCN. The smallest absolute Gasteiger partial charge is 0.251 e. The van der Waals surface area contributed by atoms with Crippen LogP contribution in [0, 0.1) is 20.8 Å². The van der Waals surface area contributed by atoms with E-state index in [4.69, 9.17) is 5.73 Å². The van der Waals surface area contributed by atoms with E-state index in [1.54, 1.807) is 0 Å². The van der Waals surface area contributed by atoms with E-state index < -0.39 is 0 Å². The molecule has 0 atom stereocenters. The van der Waals surface area contributed by atoms with Crippen LogP contribution in [0.25, 0.3) is 0 Å². The number of nitrogens with one attached hydrogen (secondary N) is 2. The molecule has 1 aromatic rings. The molecule has 0 unspecified atom stereocenters. The summed E-state index contributed by atoms with van der Waals surface area (Å²) in [5.74, 6) is 0.00759. The number of unbranched alkanes of at least 4 members (excludes halogenated alkanes) is 2. The molecule has 0 spiro atoms. The van der Waals surface area contributed by atoms with E-state index in [0.29, 0.717) is 0 Å². The number of benzene rings is 1. The number of amides is 1. The van der Waals surface area contributed by atoms with Crippen molar-refractivity contribution in [3.05, 3.63) is 28.3 Å². The van der Waals surface area contributed by atoms with Gasteiger partial charge in [0.1, 0.15) is 0 Å². The van der Waals surface area contributed by atoms with Gasteiger partial charge in [-0.25, -0.2) is 0 Å². The molecule has 0 bridgehead atoms. The third-order valence-electron chi connectivity index (χ3n) is 3.94. The van der Waals surface area contributed by atoms with E-state index in [0.717, 1.165) is 60.3 Å². The standard InChI is InChI=1S/C18H31N3O/c1-12(2)21-18(22)16-11-13(3)17(15(5)14(16)4)20-10-8-6-7-9-19/h11-12,20H,6-10,19H2,1-5H3,(H,21,22). The van der Waals surface area contributed by atoms with Crippen molar-refractivity contribution in [1.29, 1.82) is 0 Å². The first-order valence-electron chi connectivity index (χ1n) is 8.24. The van der Waals surface area contributed by atoms with Crippen LogP contribution in [0.5, 0.6) is 0 Å². The van der Waals surface area contributed by atoms with Crippen molar-refractivity contribution >= 4 is 11.6 Å². The van der Waals surface area contributed by atoms with Gasteiger partial charge in [-0.2, -0.15) is 0 Å². The Morgan fingerprint density at radius 3 is 2.41 bits per heavy atom. The zero-order valence-corrected chi connectivity index (χ0v) is 14.7. The van der Waals surface area contributed by atoms with Crippen molar-refractivity contribution in [3.8, 4) is 0 Å². The molecule has 0 aliphatic carbocycles. The first kappa shape index (κ1) is 18.5. The first-order valence-corrected chi connectivity index (χ1v) is 8.24. The summed E-state index contributed by atoms with van der Waals surface area (Å²) in [6.45, 7) is 11.8. The zero-order chi connectivity index (χ0) is 16.7. The molecule has 0 aromatic heterocycles. The van der Waals surface area contributed by atoms with Gasteiger partial charge in [-0.05, 0) is 76.8 Å². The number of aryl methyl sites for hydroxylation is 1. The number of hydrogen-bond donors (Lipinski definition) is 3. The maximum absolute atomic E-state index is 12.3. The highest BCUT2D eigenvalue weighted by Gasteiger charge is 2.15. The van der Waals surface area contributed by atoms with E-state index >= 15 is 0 Å². The normalized spacial score (nSPS) is 10.9. The Bertz CT molecular complexity index is 510. The third-order valence-corrected chi connectivity index (χ3v) is 3.94. The van der Waals surface area contributed by atoms with Crippen LogP contribution in [-0.2, 0) is 0 Å². The summed E-state index contributed by atoms with van der Waals surface area (Å²) in [5.41, 5.74) is 10.8. The Hall–Kier alpha value is -1.55. The summed E-state index contributed by atoms with van der Waals surface area (Å²) < 4.78 is 0. The largest absolute Gasteiger partial charge is 0.385 e. The minimum Gasteiger partial charge on any atom is -0.385 e. The second kappa shape index (κ2) is 8.79. The van der Waals surface area contributed by atoms with Crippen molar-refractivity contribution in [2.45, 2.75) is 59.9 Å². The molecule has 22 heavy (non-hydrogen) atoms. The quantitative estimate of drug-likeness (QED) is 0.646. The Labute approximate surface area is 134 Å². The van der Waals surface area contributed by atoms with Gasteiger partial charge in [0.25, 0.3) is 5.91 Å². The molecule has 1 rings (SSSR count). The number of hydrogen-bond acceptors (Lipinski definition) is 3. The van der Waals surface area contributed by atoms with Crippen molar-refractivity contribution < 1.29 is 4.79 Å². The molecule has 0 saturated heterocycles. The third kappa shape index (κ3) is 5.02. The van der Waals surface area contributed by atoms with Gasteiger partial charge < -0.3 is 16.4 Å². The highest BCUT2D eigenvalue weighted by atomic mass is 16.1. The van der Waals surface area contributed by atoms with Gasteiger partial charge in [-0.15, -0.1) is 0 Å². The Balaban J connectivity index is 2.85. The Kier molecular flexibility index (Phi) is 7.39. The monoisotopic (exact) mass is 305 g/mol. The molecule has 0 radical (unpaired) electrons. The number of carbonyl (C=O) groups excluding carboxylic acids is 1. The van der Waals surface area contributed by atoms with Crippen LogP contribution in [0.3, 0.4) is 0 Å². The lowest BCUT2D eigenvalue weighted by atomic mass is 9.96. The van der Waals surface area contributed by atoms with Gasteiger partial charge in [0, 0.05) is 23.8 Å². The number of anilines is 1. The first-order chi connectivity index (χ1) is 10.4. The summed E-state index contributed by atoms with van der Waals surface area (Å²) in [5, 5.41) is 6.48. The average molecular weight is 305 g/mol. The summed E-state index contributed by atoms with van der Waals surface area (Å²) in [7, 11) is 0. The van der Waals surface area contributed by atoms with Gasteiger partial charge in [-0.3, -0.25) is 4.79 Å². The molecule has 0 aliphatic heterocycles. The fourth-order valence-electron chi connectivity index (χ4n) is 2.59. The van der Waals surface area contributed by atoms with Crippen LogP contribution in [0.4, 0.5) is 5.69 Å². The van der Waals surface area contributed by atoms with Crippen LogP contribution in [0.2, 0.25) is 0 Å². The molecule has 0 aliphatic rings. The van der Waals surface area contributed by atoms with Crippen molar-refractivity contribution in [3.63, 3.8) is 0 Å². The molecule has 0 fully saturated rings. The fourth-order valence-corrected chi connectivity index (χ4v) is 2.59. The van der Waals surface area contributed by atoms with Gasteiger partial charge in [0.05, 0.1) is 0 Å². The van der Waals surface area contributed by atoms with Crippen molar-refractivity contribution in [2.75, 3.05) is 18.4 Å². The number of nitrogens with two attached hydrogens (primary N) is 1. The van der Waals surface area contributed by atoms with Gasteiger partial charge in [0.2, 0.25) is 0 Å². The van der Waals surface area contributed by atoms with E-state index in [9.17, 15) is 4.79 Å². The molecular formula is C18H31N3O. The molecular weight excluding hydrogens is 274 g/mol. The van der Waals surface area contributed by atoms with Crippen LogP contribution in [-0.4, -0.2) is 25.0 Å². The molecule has 1 amide bonds. The number of carbonyl (C=O) groups is 1. The van der Waals surface area contributed by atoms with Gasteiger partial charge in [-0.1, -0.05) is 6.42 Å². The highest BCUT2D eigenvalue weighted by Crippen LogP contribution is 2.27. The zero-order valence-electron chi connectivity index (χ0n) is 14.7. The lowest BCUT2D eigenvalue weighted by molar-refractivity contribution is 0.0942. The van der Waals surface area contributed by atoms with Gasteiger partial charge >= 0.3 is 0 Å². The lowest BCUT2D eigenvalue weighted by Crippen LogP contribution is -2.31. The summed E-state index contributed by atoms with van der Waals surface area (Å²) in [6.07, 6.45) is 3.34. The van der Waals surface area contributed by atoms with Crippen LogP contribution in [0.15, 0.2) is 6.07 Å². The van der Waals surface area contributed by atoms with E-state index in [1.165, 1.54) is 0 Å². The highest BCUT2D eigenvalue weighted by molar-refractivity contribution is 5.97. The second-order valence-corrected chi connectivity index (χ2v) is 6.27. The lowest BCUT2D eigenvalue weighted by Gasteiger charge is -2.18. The van der Waals surface area contributed by atoms with Crippen LogP contribution < -0.4 is 16.4 Å². The molecule has 0 saturated carbocycles. The minimum atomic E-state index is 0.00759. The maximum atomic E-state index is 12.3.